The Morgan fingerprint density at radius 3 is 3.00 bits per heavy atom. The Kier molecular flexibility index (Phi) is 4.28. The molecule has 0 aliphatic heterocycles. The SMILES string of the molecule is Cc1ccc(C#N)c(NCCCC(=O)O)n1. The number of nitriles is 1. The normalized spacial score (nSPS) is 9.50. The van der Waals surface area contributed by atoms with Crippen LogP contribution in [-0.4, -0.2) is 22.6 Å². The third kappa shape index (κ3) is 3.58. The van der Waals surface area contributed by atoms with E-state index in [-0.39, 0.29) is 6.42 Å². The molecule has 5 heteroatoms. The third-order valence-corrected chi connectivity index (χ3v) is 2.01. The predicted molar refractivity (Wildman–Crippen MR) is 59.0 cm³/mol. The predicted octanol–water partition coefficient (Wildman–Crippen LogP) is 1.54. The standard InChI is InChI=1S/C11H13N3O2/c1-8-4-5-9(7-12)11(14-8)13-6-2-3-10(15)16/h4-5H,2-3,6H2,1H3,(H,13,14)(H,15,16). The van der Waals surface area contributed by atoms with Crippen LogP contribution >= 0.6 is 0 Å². The van der Waals surface area contributed by atoms with Gasteiger partial charge in [-0.05, 0) is 25.5 Å². The summed E-state index contributed by atoms with van der Waals surface area (Å²) in [6.45, 7) is 2.33. The topological polar surface area (TPSA) is 86.0 Å². The third-order valence-electron chi connectivity index (χ3n) is 2.01. The second kappa shape index (κ2) is 5.71. The number of nitrogens with zero attached hydrogens (tertiary/aromatic N) is 2. The zero-order chi connectivity index (χ0) is 12.0. The molecule has 16 heavy (non-hydrogen) atoms. The first-order valence-corrected chi connectivity index (χ1v) is 4.97. The van der Waals surface area contributed by atoms with Gasteiger partial charge in [-0.3, -0.25) is 4.79 Å². The van der Waals surface area contributed by atoms with Crippen molar-refractivity contribution in [2.75, 3.05) is 11.9 Å². The minimum absolute atomic E-state index is 0.112. The molecule has 0 fully saturated rings. The second-order valence-electron chi connectivity index (χ2n) is 3.38. The molecule has 0 amide bonds. The van der Waals surface area contributed by atoms with E-state index in [4.69, 9.17) is 10.4 Å². The lowest BCUT2D eigenvalue weighted by Crippen LogP contribution is -2.07. The minimum Gasteiger partial charge on any atom is -0.481 e. The number of pyridine rings is 1. The van der Waals surface area contributed by atoms with Gasteiger partial charge < -0.3 is 10.4 Å². The lowest BCUT2D eigenvalue weighted by atomic mass is 10.2. The zero-order valence-corrected chi connectivity index (χ0v) is 9.03. The number of anilines is 1. The lowest BCUT2D eigenvalue weighted by Gasteiger charge is -2.06. The Balaban J connectivity index is 2.56. The maximum atomic E-state index is 10.3. The summed E-state index contributed by atoms with van der Waals surface area (Å²) in [5.41, 5.74) is 1.29. The van der Waals surface area contributed by atoms with Crippen molar-refractivity contribution in [3.05, 3.63) is 23.4 Å². The van der Waals surface area contributed by atoms with Crippen LogP contribution in [-0.2, 0) is 4.79 Å². The second-order valence-corrected chi connectivity index (χ2v) is 3.38. The number of aromatic nitrogens is 1. The number of nitrogens with one attached hydrogen (secondary N) is 1. The molecule has 0 aromatic carbocycles. The van der Waals surface area contributed by atoms with Gasteiger partial charge in [-0.1, -0.05) is 0 Å². The monoisotopic (exact) mass is 219 g/mol. The summed E-state index contributed by atoms with van der Waals surface area (Å²) < 4.78 is 0. The van der Waals surface area contributed by atoms with Gasteiger partial charge in [-0.25, -0.2) is 4.98 Å². The van der Waals surface area contributed by atoms with Gasteiger partial charge in [0.05, 0.1) is 5.56 Å². The highest BCUT2D eigenvalue weighted by Crippen LogP contribution is 2.11. The van der Waals surface area contributed by atoms with Gasteiger partial charge in [0, 0.05) is 18.7 Å². The van der Waals surface area contributed by atoms with Crippen LogP contribution in [0.2, 0.25) is 0 Å². The quantitative estimate of drug-likeness (QED) is 0.733. The number of carboxylic acid groups (broad SMARTS) is 1. The summed E-state index contributed by atoms with van der Waals surface area (Å²) in [7, 11) is 0. The van der Waals surface area contributed by atoms with Crippen LogP contribution in [0.5, 0.6) is 0 Å². The zero-order valence-electron chi connectivity index (χ0n) is 9.03. The number of carbonyl (C=O) groups is 1. The molecule has 0 radical (unpaired) electrons. The molecular weight excluding hydrogens is 206 g/mol. The fourth-order valence-electron chi connectivity index (χ4n) is 1.23. The van der Waals surface area contributed by atoms with Crippen molar-refractivity contribution in [3.63, 3.8) is 0 Å². The summed E-state index contributed by atoms with van der Waals surface area (Å²) >= 11 is 0. The molecule has 0 saturated carbocycles. The highest BCUT2D eigenvalue weighted by molar-refractivity contribution is 5.66. The molecule has 1 heterocycles. The van der Waals surface area contributed by atoms with Crippen LogP contribution in [0.15, 0.2) is 12.1 Å². The average molecular weight is 219 g/mol. The Labute approximate surface area is 93.7 Å². The van der Waals surface area contributed by atoms with Crippen LogP contribution in [0.1, 0.15) is 24.1 Å². The fraction of sp³-hybridized carbons (Fsp3) is 0.364. The maximum Gasteiger partial charge on any atom is 0.303 e. The van der Waals surface area contributed by atoms with E-state index in [2.05, 4.69) is 10.3 Å². The number of aliphatic carboxylic acids is 1. The van der Waals surface area contributed by atoms with Gasteiger partial charge in [0.15, 0.2) is 0 Å². The molecule has 0 spiro atoms. The highest BCUT2D eigenvalue weighted by Gasteiger charge is 2.03. The first-order chi connectivity index (χ1) is 7.63. The Morgan fingerprint density at radius 1 is 1.62 bits per heavy atom. The lowest BCUT2D eigenvalue weighted by molar-refractivity contribution is -0.137. The number of hydrogen-bond donors (Lipinski definition) is 2. The van der Waals surface area contributed by atoms with Gasteiger partial charge in [0.1, 0.15) is 11.9 Å². The van der Waals surface area contributed by atoms with Gasteiger partial charge >= 0.3 is 5.97 Å². The highest BCUT2D eigenvalue weighted by atomic mass is 16.4. The van der Waals surface area contributed by atoms with E-state index >= 15 is 0 Å². The Morgan fingerprint density at radius 2 is 2.38 bits per heavy atom. The van der Waals surface area contributed by atoms with Gasteiger partial charge in [0.2, 0.25) is 0 Å². The van der Waals surface area contributed by atoms with Crippen molar-refractivity contribution in [1.29, 1.82) is 5.26 Å². The van der Waals surface area contributed by atoms with E-state index in [9.17, 15) is 4.79 Å². The van der Waals surface area contributed by atoms with Crippen LogP contribution in [0, 0.1) is 18.3 Å². The summed E-state index contributed by atoms with van der Waals surface area (Å²) in [4.78, 5) is 14.5. The first-order valence-electron chi connectivity index (χ1n) is 4.97. The number of aryl methyl sites for hydroxylation is 1. The molecule has 1 aromatic heterocycles. The number of hydrogen-bond acceptors (Lipinski definition) is 4. The van der Waals surface area contributed by atoms with Crippen LogP contribution in [0.3, 0.4) is 0 Å². The molecule has 1 rings (SSSR count). The molecule has 2 N–H and O–H groups in total. The van der Waals surface area contributed by atoms with Crippen molar-refractivity contribution in [2.45, 2.75) is 19.8 Å². The van der Waals surface area contributed by atoms with Crippen molar-refractivity contribution in [3.8, 4) is 6.07 Å². The average Bonchev–Trinajstić information content (AvgIpc) is 2.24. The largest absolute Gasteiger partial charge is 0.481 e. The van der Waals surface area contributed by atoms with Gasteiger partial charge in [0.25, 0.3) is 0 Å². The molecule has 0 aliphatic carbocycles. The van der Waals surface area contributed by atoms with Gasteiger partial charge in [-0.15, -0.1) is 0 Å². The molecule has 1 aromatic rings. The van der Waals surface area contributed by atoms with E-state index in [0.29, 0.717) is 24.3 Å². The molecular formula is C11H13N3O2. The molecule has 0 aliphatic rings. The Hall–Kier alpha value is -2.09. The molecule has 0 unspecified atom stereocenters. The minimum atomic E-state index is -0.820. The van der Waals surface area contributed by atoms with Crippen molar-refractivity contribution < 1.29 is 9.90 Å². The van der Waals surface area contributed by atoms with E-state index in [1.807, 2.05) is 13.0 Å². The fourth-order valence-corrected chi connectivity index (χ4v) is 1.23. The molecule has 84 valence electrons. The van der Waals surface area contributed by atoms with E-state index in [1.54, 1.807) is 12.1 Å². The smallest absolute Gasteiger partial charge is 0.303 e. The summed E-state index contributed by atoms with van der Waals surface area (Å²) in [5, 5.41) is 20.3. The Bertz CT molecular complexity index is 424. The van der Waals surface area contributed by atoms with Crippen LogP contribution < -0.4 is 5.32 Å². The van der Waals surface area contributed by atoms with E-state index in [1.165, 1.54) is 0 Å². The van der Waals surface area contributed by atoms with Crippen molar-refractivity contribution >= 4 is 11.8 Å². The molecule has 0 bridgehead atoms. The maximum absolute atomic E-state index is 10.3. The summed E-state index contributed by atoms with van der Waals surface area (Å²) in [6.07, 6.45) is 0.622. The van der Waals surface area contributed by atoms with Gasteiger partial charge in [-0.2, -0.15) is 5.26 Å². The van der Waals surface area contributed by atoms with Crippen LogP contribution in [0.25, 0.3) is 0 Å². The van der Waals surface area contributed by atoms with E-state index in [0.717, 1.165) is 5.69 Å². The summed E-state index contributed by atoms with van der Waals surface area (Å²) in [6, 6.07) is 5.49. The number of carboxylic acids is 1. The van der Waals surface area contributed by atoms with E-state index < -0.39 is 5.97 Å². The van der Waals surface area contributed by atoms with Crippen molar-refractivity contribution in [2.24, 2.45) is 0 Å². The van der Waals surface area contributed by atoms with Crippen molar-refractivity contribution in [1.82, 2.24) is 4.98 Å². The summed E-state index contributed by atoms with van der Waals surface area (Å²) in [5.74, 6) is -0.299. The number of rotatable bonds is 5. The molecule has 5 nitrogen and oxygen atoms in total. The first kappa shape index (κ1) is 12.0. The molecule has 0 saturated heterocycles. The van der Waals surface area contributed by atoms with Crippen LogP contribution in [0.4, 0.5) is 5.82 Å². The molecule has 0 atom stereocenters.